The SMILES string of the molecule is CCCCCC[Si](CCCCCC)(CCCCCC)OC=O. The molecule has 0 aliphatic rings. The quantitative estimate of drug-likeness (QED) is 0.166. The Labute approximate surface area is 140 Å². The molecule has 0 bridgehead atoms. The van der Waals surface area contributed by atoms with Crippen LogP contribution in [0.25, 0.3) is 0 Å². The van der Waals surface area contributed by atoms with Crippen molar-refractivity contribution in [3.05, 3.63) is 0 Å². The van der Waals surface area contributed by atoms with Crippen LogP contribution in [0.15, 0.2) is 0 Å². The highest BCUT2D eigenvalue weighted by molar-refractivity contribution is 6.74. The molecule has 22 heavy (non-hydrogen) atoms. The normalized spacial score (nSPS) is 11.6. The van der Waals surface area contributed by atoms with Crippen molar-refractivity contribution in [1.29, 1.82) is 0 Å². The second-order valence-electron chi connectivity index (χ2n) is 6.83. The Balaban J connectivity index is 4.43. The third-order valence-corrected chi connectivity index (χ3v) is 9.15. The average molecular weight is 329 g/mol. The zero-order chi connectivity index (χ0) is 16.5. The van der Waals surface area contributed by atoms with Crippen LogP contribution in [0.5, 0.6) is 0 Å². The molecule has 0 N–H and O–H groups in total. The first kappa shape index (κ1) is 21.7. The summed E-state index contributed by atoms with van der Waals surface area (Å²) < 4.78 is 5.83. The van der Waals surface area contributed by atoms with E-state index in [1.54, 1.807) is 0 Å². The molecule has 0 fully saturated rings. The minimum absolute atomic E-state index is 0.770. The monoisotopic (exact) mass is 328 g/mol. The summed E-state index contributed by atoms with van der Waals surface area (Å²) in [5, 5.41) is 0. The van der Waals surface area contributed by atoms with Crippen molar-refractivity contribution in [1.82, 2.24) is 0 Å². The maximum atomic E-state index is 11.1. The first-order valence-electron chi connectivity index (χ1n) is 9.86. The summed E-state index contributed by atoms with van der Waals surface area (Å²) in [6.45, 7) is 7.53. The molecule has 0 amide bonds. The minimum Gasteiger partial charge on any atom is -0.521 e. The molecule has 0 aliphatic heterocycles. The fraction of sp³-hybridized carbons (Fsp3) is 0.947. The fourth-order valence-corrected chi connectivity index (χ4v) is 7.27. The van der Waals surface area contributed by atoms with E-state index < -0.39 is 8.32 Å². The molecule has 0 heterocycles. The van der Waals surface area contributed by atoms with Gasteiger partial charge in [0.05, 0.1) is 0 Å². The van der Waals surface area contributed by atoms with Crippen LogP contribution in [0.2, 0.25) is 18.1 Å². The predicted molar refractivity (Wildman–Crippen MR) is 99.8 cm³/mol. The highest BCUT2D eigenvalue weighted by atomic mass is 28.4. The van der Waals surface area contributed by atoms with Gasteiger partial charge in [-0.1, -0.05) is 97.8 Å². The predicted octanol–water partition coefficient (Wildman–Crippen LogP) is 6.85. The van der Waals surface area contributed by atoms with E-state index in [2.05, 4.69) is 20.8 Å². The van der Waals surface area contributed by atoms with Crippen molar-refractivity contribution < 1.29 is 9.22 Å². The van der Waals surface area contributed by atoms with E-state index in [0.717, 1.165) is 6.47 Å². The Kier molecular flexibility index (Phi) is 15.4. The van der Waals surface area contributed by atoms with E-state index in [4.69, 9.17) is 4.43 Å². The van der Waals surface area contributed by atoms with E-state index >= 15 is 0 Å². The van der Waals surface area contributed by atoms with Crippen LogP contribution in [-0.4, -0.2) is 14.8 Å². The van der Waals surface area contributed by atoms with Gasteiger partial charge in [-0.2, -0.15) is 0 Å². The fourth-order valence-electron chi connectivity index (χ4n) is 3.28. The van der Waals surface area contributed by atoms with Crippen LogP contribution in [-0.2, 0) is 9.22 Å². The molecule has 0 atom stereocenters. The molecule has 0 unspecified atom stereocenters. The second kappa shape index (κ2) is 15.6. The second-order valence-corrected chi connectivity index (χ2v) is 10.9. The summed E-state index contributed by atoms with van der Waals surface area (Å²) >= 11 is 0. The zero-order valence-electron chi connectivity index (χ0n) is 15.5. The number of rotatable bonds is 17. The third kappa shape index (κ3) is 11.3. The van der Waals surface area contributed by atoms with Crippen molar-refractivity contribution in [3.63, 3.8) is 0 Å². The van der Waals surface area contributed by atoms with Crippen molar-refractivity contribution >= 4 is 14.8 Å². The maximum absolute atomic E-state index is 11.1. The molecule has 0 aromatic rings. The molecule has 132 valence electrons. The minimum atomic E-state index is -1.81. The van der Waals surface area contributed by atoms with Gasteiger partial charge in [-0.25, -0.2) is 0 Å². The number of hydrogen-bond acceptors (Lipinski definition) is 2. The average Bonchev–Trinajstić information content (AvgIpc) is 2.53. The molecule has 0 aromatic carbocycles. The molecule has 0 rings (SSSR count). The summed E-state index contributed by atoms with van der Waals surface area (Å²) in [5.74, 6) is 0. The van der Waals surface area contributed by atoms with Crippen LogP contribution in [0.1, 0.15) is 97.8 Å². The summed E-state index contributed by atoms with van der Waals surface area (Å²) in [6, 6.07) is 3.60. The molecular weight excluding hydrogens is 288 g/mol. The topological polar surface area (TPSA) is 26.3 Å². The van der Waals surface area contributed by atoms with Crippen molar-refractivity contribution in [2.75, 3.05) is 0 Å². The van der Waals surface area contributed by atoms with E-state index in [1.807, 2.05) is 0 Å². The lowest BCUT2D eigenvalue weighted by Crippen LogP contribution is -2.37. The Morgan fingerprint density at radius 1 is 0.636 bits per heavy atom. The maximum Gasteiger partial charge on any atom is 0.279 e. The number of unbranched alkanes of at least 4 members (excludes halogenated alkanes) is 9. The van der Waals surface area contributed by atoms with Gasteiger partial charge < -0.3 is 4.43 Å². The van der Waals surface area contributed by atoms with Crippen LogP contribution in [0, 0.1) is 0 Å². The van der Waals surface area contributed by atoms with Gasteiger partial charge in [0.25, 0.3) is 14.8 Å². The van der Waals surface area contributed by atoms with E-state index in [1.165, 1.54) is 95.2 Å². The summed E-state index contributed by atoms with van der Waals surface area (Å²) in [4.78, 5) is 11.1. The van der Waals surface area contributed by atoms with Gasteiger partial charge in [0, 0.05) is 0 Å². The molecule has 0 aromatic heterocycles. The van der Waals surface area contributed by atoms with Gasteiger partial charge in [0.15, 0.2) is 0 Å². The molecule has 0 spiro atoms. The molecule has 0 saturated carbocycles. The van der Waals surface area contributed by atoms with Crippen LogP contribution >= 0.6 is 0 Å². The Morgan fingerprint density at radius 2 is 1.00 bits per heavy atom. The van der Waals surface area contributed by atoms with Crippen LogP contribution in [0.4, 0.5) is 0 Å². The highest BCUT2D eigenvalue weighted by Crippen LogP contribution is 2.30. The molecule has 0 aliphatic carbocycles. The number of hydrogen-bond donors (Lipinski definition) is 0. The van der Waals surface area contributed by atoms with Gasteiger partial charge in [0.1, 0.15) is 0 Å². The largest absolute Gasteiger partial charge is 0.521 e. The Bertz CT molecular complexity index is 212. The van der Waals surface area contributed by atoms with E-state index in [0.29, 0.717) is 0 Å². The summed E-state index contributed by atoms with van der Waals surface area (Å²) in [6.07, 6.45) is 15.5. The van der Waals surface area contributed by atoms with Crippen molar-refractivity contribution in [2.24, 2.45) is 0 Å². The summed E-state index contributed by atoms with van der Waals surface area (Å²) in [5.41, 5.74) is 0. The first-order chi connectivity index (χ1) is 10.7. The van der Waals surface area contributed by atoms with Gasteiger partial charge in [-0.05, 0) is 18.1 Å². The van der Waals surface area contributed by atoms with Gasteiger partial charge in [-0.15, -0.1) is 0 Å². The van der Waals surface area contributed by atoms with E-state index in [-0.39, 0.29) is 0 Å². The lowest BCUT2D eigenvalue weighted by molar-refractivity contribution is -0.121. The summed E-state index contributed by atoms with van der Waals surface area (Å²) in [7, 11) is -1.81. The van der Waals surface area contributed by atoms with Gasteiger partial charge in [0.2, 0.25) is 0 Å². The standard InChI is InChI=1S/C19H40O2Si/c1-4-7-10-13-16-22(21-19-20,17-14-11-8-5-2)18-15-12-9-6-3/h19H,4-18H2,1-3H3. The highest BCUT2D eigenvalue weighted by Gasteiger charge is 2.34. The van der Waals surface area contributed by atoms with Crippen molar-refractivity contribution in [3.8, 4) is 0 Å². The lowest BCUT2D eigenvalue weighted by Gasteiger charge is -2.29. The molecule has 0 saturated heterocycles. The van der Waals surface area contributed by atoms with Gasteiger partial charge in [-0.3, -0.25) is 4.79 Å². The molecular formula is C19H40O2Si. The van der Waals surface area contributed by atoms with Gasteiger partial charge >= 0.3 is 0 Å². The van der Waals surface area contributed by atoms with Crippen molar-refractivity contribution in [2.45, 2.75) is 116 Å². The third-order valence-electron chi connectivity index (χ3n) is 4.76. The van der Waals surface area contributed by atoms with Crippen LogP contribution in [0.3, 0.4) is 0 Å². The van der Waals surface area contributed by atoms with Crippen LogP contribution < -0.4 is 0 Å². The zero-order valence-corrected chi connectivity index (χ0v) is 16.5. The number of carbonyl (C=O) groups excluding carboxylic acids is 1. The molecule has 3 heteroatoms. The smallest absolute Gasteiger partial charge is 0.279 e. The molecule has 0 radical (unpaired) electrons. The lowest BCUT2D eigenvalue weighted by atomic mass is 10.2. The molecule has 2 nitrogen and oxygen atoms in total. The first-order valence-corrected chi connectivity index (χ1v) is 12.4. The van der Waals surface area contributed by atoms with E-state index in [9.17, 15) is 4.79 Å². The Morgan fingerprint density at radius 3 is 1.27 bits per heavy atom. The Hall–Kier alpha value is -0.313. The number of carbonyl (C=O) groups is 1.